The van der Waals surface area contributed by atoms with Crippen LogP contribution in [0.3, 0.4) is 0 Å². The average molecular weight is 326 g/mol. The van der Waals surface area contributed by atoms with Crippen LogP contribution in [0.4, 0.5) is 0 Å². The normalized spacial score (nSPS) is 10.6. The summed E-state index contributed by atoms with van der Waals surface area (Å²) in [6, 6.07) is 6.69. The number of nitrogens with zero attached hydrogens (tertiary/aromatic N) is 4. The first kappa shape index (κ1) is 15.6. The zero-order valence-electron chi connectivity index (χ0n) is 13.1. The smallest absolute Gasteiger partial charge is 0.442 e. The number of aromatic nitrogens is 4. The van der Waals surface area contributed by atoms with Gasteiger partial charge >= 0.3 is 5.76 Å². The lowest BCUT2D eigenvalue weighted by molar-refractivity contribution is 0.101. The molecule has 0 N–H and O–H groups in total. The van der Waals surface area contributed by atoms with Gasteiger partial charge in [-0.25, -0.2) is 19.3 Å². The van der Waals surface area contributed by atoms with E-state index < -0.39 is 5.76 Å². The summed E-state index contributed by atoms with van der Waals surface area (Å²) in [6.07, 6.45) is 3.09. The molecule has 8 heteroatoms. The molecule has 3 rings (SSSR count). The van der Waals surface area contributed by atoms with E-state index in [2.05, 4.69) is 15.1 Å². The number of methoxy groups -OCH3 is 1. The molecule has 0 radical (unpaired) electrons. The Labute approximate surface area is 136 Å². The van der Waals surface area contributed by atoms with Gasteiger partial charge < -0.3 is 4.74 Å². The number of carbonyl (C=O) groups excluding carboxylic acids is 1. The van der Waals surface area contributed by atoms with Crippen LogP contribution in [0.25, 0.3) is 11.6 Å². The van der Waals surface area contributed by atoms with Gasteiger partial charge in [-0.3, -0.25) is 9.32 Å². The van der Waals surface area contributed by atoms with Gasteiger partial charge in [-0.05, 0) is 31.2 Å². The number of hydrogen-bond donors (Lipinski definition) is 0. The molecule has 3 aromatic rings. The van der Waals surface area contributed by atoms with E-state index >= 15 is 0 Å². The second kappa shape index (κ2) is 6.45. The molecule has 0 saturated carbocycles. The summed E-state index contributed by atoms with van der Waals surface area (Å²) in [5, 5.41) is 3.74. The van der Waals surface area contributed by atoms with Crippen molar-refractivity contribution in [2.75, 3.05) is 7.11 Å². The molecule has 0 fully saturated rings. The van der Waals surface area contributed by atoms with Crippen molar-refractivity contribution < 1.29 is 14.1 Å². The first-order chi connectivity index (χ1) is 11.6. The van der Waals surface area contributed by atoms with Crippen molar-refractivity contribution in [1.82, 2.24) is 19.7 Å². The van der Waals surface area contributed by atoms with Crippen LogP contribution in [-0.2, 0) is 6.54 Å². The van der Waals surface area contributed by atoms with Crippen LogP contribution in [0.2, 0.25) is 0 Å². The van der Waals surface area contributed by atoms with Gasteiger partial charge in [-0.1, -0.05) is 5.16 Å². The van der Waals surface area contributed by atoms with E-state index in [1.54, 1.807) is 36.7 Å². The van der Waals surface area contributed by atoms with E-state index in [4.69, 9.17) is 9.26 Å². The van der Waals surface area contributed by atoms with Gasteiger partial charge in [0.2, 0.25) is 5.82 Å². The molecule has 0 aliphatic heterocycles. The van der Waals surface area contributed by atoms with Gasteiger partial charge in [0.1, 0.15) is 5.75 Å². The van der Waals surface area contributed by atoms with Crippen molar-refractivity contribution in [3.05, 3.63) is 58.3 Å². The molecule has 0 spiro atoms. The number of ketones is 1. The second-order valence-corrected chi connectivity index (χ2v) is 5.01. The van der Waals surface area contributed by atoms with Gasteiger partial charge in [0.15, 0.2) is 11.6 Å². The molecular formula is C16H14N4O4. The number of Topliss-reactive ketones (excluding diaryl/α,β-unsaturated/α-hetero) is 1. The third-order valence-corrected chi connectivity index (χ3v) is 3.47. The lowest BCUT2D eigenvalue weighted by Gasteiger charge is -2.10. The van der Waals surface area contributed by atoms with E-state index in [0.29, 0.717) is 16.9 Å². The predicted molar refractivity (Wildman–Crippen MR) is 83.9 cm³/mol. The Morgan fingerprint density at radius 2 is 2.04 bits per heavy atom. The fourth-order valence-electron chi connectivity index (χ4n) is 2.27. The number of benzene rings is 1. The Hall–Kier alpha value is -3.29. The highest BCUT2D eigenvalue weighted by atomic mass is 16.5. The maximum Gasteiger partial charge on any atom is 0.442 e. The van der Waals surface area contributed by atoms with Crippen molar-refractivity contribution in [1.29, 1.82) is 0 Å². The molecule has 8 nitrogen and oxygen atoms in total. The molecule has 0 saturated heterocycles. The summed E-state index contributed by atoms with van der Waals surface area (Å²) in [5.74, 6) is 0.296. The van der Waals surface area contributed by atoms with E-state index in [-0.39, 0.29) is 24.0 Å². The van der Waals surface area contributed by atoms with Gasteiger partial charge in [-0.15, -0.1) is 0 Å². The van der Waals surface area contributed by atoms with E-state index in [9.17, 15) is 9.59 Å². The molecule has 24 heavy (non-hydrogen) atoms. The summed E-state index contributed by atoms with van der Waals surface area (Å²) in [4.78, 5) is 31.7. The molecule has 2 aromatic heterocycles. The number of rotatable bonds is 5. The van der Waals surface area contributed by atoms with E-state index in [1.807, 2.05) is 0 Å². The molecule has 0 aliphatic rings. The first-order valence-corrected chi connectivity index (χ1v) is 7.12. The van der Waals surface area contributed by atoms with Crippen molar-refractivity contribution in [2.45, 2.75) is 13.5 Å². The van der Waals surface area contributed by atoms with Gasteiger partial charge in [0.05, 0.1) is 13.7 Å². The first-order valence-electron chi connectivity index (χ1n) is 7.12. The summed E-state index contributed by atoms with van der Waals surface area (Å²) < 4.78 is 11.3. The maximum absolute atomic E-state index is 12.0. The molecule has 0 aliphatic carbocycles. The Kier molecular flexibility index (Phi) is 4.19. The Balaban J connectivity index is 2.07. The monoisotopic (exact) mass is 326 g/mol. The molecule has 0 atom stereocenters. The van der Waals surface area contributed by atoms with Crippen LogP contribution in [-0.4, -0.2) is 32.6 Å². The number of carbonyl (C=O) groups is 1. The molecule has 1 aromatic carbocycles. The van der Waals surface area contributed by atoms with Gasteiger partial charge in [0, 0.05) is 23.5 Å². The van der Waals surface area contributed by atoms with Crippen LogP contribution in [0.15, 0.2) is 46.0 Å². The van der Waals surface area contributed by atoms with Crippen molar-refractivity contribution in [3.63, 3.8) is 0 Å². The Morgan fingerprint density at radius 3 is 2.71 bits per heavy atom. The predicted octanol–water partition coefficient (Wildman–Crippen LogP) is 1.55. The van der Waals surface area contributed by atoms with E-state index in [0.717, 1.165) is 0 Å². The van der Waals surface area contributed by atoms with Crippen LogP contribution in [0, 0.1) is 0 Å². The van der Waals surface area contributed by atoms with Gasteiger partial charge in [0.25, 0.3) is 0 Å². The highest BCUT2D eigenvalue weighted by Gasteiger charge is 2.17. The lowest BCUT2D eigenvalue weighted by Crippen LogP contribution is -2.17. The van der Waals surface area contributed by atoms with Crippen LogP contribution in [0.5, 0.6) is 5.75 Å². The van der Waals surface area contributed by atoms with Crippen LogP contribution in [0.1, 0.15) is 22.8 Å². The van der Waals surface area contributed by atoms with Crippen molar-refractivity contribution >= 4 is 5.78 Å². The van der Waals surface area contributed by atoms with Gasteiger partial charge in [-0.2, -0.15) is 0 Å². The quantitative estimate of drug-likeness (QED) is 0.656. The summed E-state index contributed by atoms with van der Waals surface area (Å²) in [7, 11) is 1.52. The summed E-state index contributed by atoms with van der Waals surface area (Å²) in [5.41, 5.74) is 1.17. The molecule has 0 amide bonds. The molecule has 0 unspecified atom stereocenters. The molecule has 2 heterocycles. The number of ether oxygens (including phenoxy) is 1. The maximum atomic E-state index is 12.0. The molecule has 122 valence electrons. The summed E-state index contributed by atoms with van der Waals surface area (Å²) >= 11 is 0. The van der Waals surface area contributed by atoms with Crippen molar-refractivity contribution in [3.8, 4) is 17.4 Å². The van der Waals surface area contributed by atoms with Crippen LogP contribution >= 0.6 is 0 Å². The third-order valence-electron chi connectivity index (χ3n) is 3.47. The summed E-state index contributed by atoms with van der Waals surface area (Å²) in [6.45, 7) is 1.58. The highest BCUT2D eigenvalue weighted by molar-refractivity contribution is 5.94. The number of hydrogen-bond acceptors (Lipinski definition) is 7. The fourth-order valence-corrected chi connectivity index (χ4v) is 2.27. The average Bonchev–Trinajstić information content (AvgIpc) is 2.96. The zero-order chi connectivity index (χ0) is 17.1. The molecular weight excluding hydrogens is 312 g/mol. The second-order valence-electron chi connectivity index (χ2n) is 5.01. The minimum Gasteiger partial charge on any atom is -0.496 e. The Bertz CT molecular complexity index is 931. The minimum absolute atomic E-state index is 0.0804. The molecule has 0 bridgehead atoms. The lowest BCUT2D eigenvalue weighted by atomic mass is 10.1. The SMILES string of the molecule is COc1ccc(C(C)=O)cc1Cn1c(-c2ncccn2)noc1=O. The zero-order valence-corrected chi connectivity index (χ0v) is 13.1. The fraction of sp³-hybridized carbons (Fsp3) is 0.188. The largest absolute Gasteiger partial charge is 0.496 e. The topological polar surface area (TPSA) is 100 Å². The van der Waals surface area contributed by atoms with E-state index in [1.165, 1.54) is 18.6 Å². The minimum atomic E-state index is -0.646. The Morgan fingerprint density at radius 1 is 1.29 bits per heavy atom. The van der Waals surface area contributed by atoms with Crippen molar-refractivity contribution in [2.24, 2.45) is 0 Å². The third kappa shape index (κ3) is 2.94. The highest BCUT2D eigenvalue weighted by Crippen LogP contribution is 2.22. The van der Waals surface area contributed by atoms with Crippen LogP contribution < -0.4 is 10.5 Å². The standard InChI is InChI=1S/C16H14N4O4/c1-10(21)11-4-5-13(23-2)12(8-11)9-20-15(19-24-16(20)22)14-17-6-3-7-18-14/h3-8H,9H2,1-2H3.